The van der Waals surface area contributed by atoms with Crippen LogP contribution in [0.3, 0.4) is 0 Å². The topological polar surface area (TPSA) is 22.1 Å². The van der Waals surface area contributed by atoms with Crippen molar-refractivity contribution in [3.63, 3.8) is 0 Å². The van der Waals surface area contributed by atoms with Crippen LogP contribution >= 0.6 is 38.5 Å². The number of nitrogens with zero attached hydrogens (tertiary/aromatic N) is 1. The van der Waals surface area contributed by atoms with Gasteiger partial charge >= 0.3 is 0 Å². The SMILES string of the molecule is COc1c(Br)cc(I)nc1C(F)F. The summed E-state index contributed by atoms with van der Waals surface area (Å²) in [5.41, 5.74) is -0.332. The quantitative estimate of drug-likeness (QED) is 0.593. The van der Waals surface area contributed by atoms with Crippen molar-refractivity contribution < 1.29 is 13.5 Å². The Hall–Kier alpha value is 0.0200. The number of pyridine rings is 1. The van der Waals surface area contributed by atoms with Gasteiger partial charge in [0.2, 0.25) is 0 Å². The number of methoxy groups -OCH3 is 1. The predicted octanol–water partition coefficient (Wildman–Crippen LogP) is 3.39. The van der Waals surface area contributed by atoms with Gasteiger partial charge in [0.25, 0.3) is 6.43 Å². The van der Waals surface area contributed by atoms with Crippen molar-refractivity contribution in [3.8, 4) is 5.75 Å². The van der Waals surface area contributed by atoms with Gasteiger partial charge < -0.3 is 4.74 Å². The Morgan fingerprint density at radius 3 is 2.69 bits per heavy atom. The number of alkyl halides is 2. The van der Waals surface area contributed by atoms with Crippen molar-refractivity contribution in [2.75, 3.05) is 7.11 Å². The van der Waals surface area contributed by atoms with E-state index >= 15 is 0 Å². The van der Waals surface area contributed by atoms with Gasteiger partial charge in [-0.05, 0) is 44.6 Å². The summed E-state index contributed by atoms with van der Waals surface area (Å²) in [5.74, 6) is 0.0930. The molecule has 6 heteroatoms. The van der Waals surface area contributed by atoms with Crippen molar-refractivity contribution in [2.24, 2.45) is 0 Å². The fraction of sp³-hybridized carbons (Fsp3) is 0.286. The lowest BCUT2D eigenvalue weighted by atomic mass is 10.3. The summed E-state index contributed by atoms with van der Waals surface area (Å²) in [5, 5.41) is 0. The molecule has 1 heterocycles. The fourth-order valence-electron chi connectivity index (χ4n) is 0.841. The first-order valence-corrected chi connectivity index (χ1v) is 5.11. The first-order valence-electron chi connectivity index (χ1n) is 3.24. The Morgan fingerprint density at radius 1 is 1.62 bits per heavy atom. The third-order valence-electron chi connectivity index (χ3n) is 1.33. The van der Waals surface area contributed by atoms with Gasteiger partial charge in [-0.25, -0.2) is 13.8 Å². The Bertz CT molecular complexity index is 322. The van der Waals surface area contributed by atoms with Crippen LogP contribution in [0.1, 0.15) is 12.1 Å². The molecule has 72 valence electrons. The van der Waals surface area contributed by atoms with Crippen LogP contribution in [0.15, 0.2) is 10.5 Å². The minimum Gasteiger partial charge on any atom is -0.493 e. The smallest absolute Gasteiger partial charge is 0.284 e. The molecular formula is C7H5BrF2INO. The third kappa shape index (κ3) is 2.49. The van der Waals surface area contributed by atoms with Crippen LogP contribution in [0.5, 0.6) is 5.75 Å². The fourth-order valence-corrected chi connectivity index (χ4v) is 2.42. The molecule has 13 heavy (non-hydrogen) atoms. The summed E-state index contributed by atoms with van der Waals surface area (Å²) < 4.78 is 30.6. The van der Waals surface area contributed by atoms with Gasteiger partial charge in [-0.2, -0.15) is 0 Å². The lowest BCUT2D eigenvalue weighted by Crippen LogP contribution is -1.99. The van der Waals surface area contributed by atoms with Crippen LogP contribution in [0.25, 0.3) is 0 Å². The van der Waals surface area contributed by atoms with Gasteiger partial charge in [-0.15, -0.1) is 0 Å². The van der Waals surface area contributed by atoms with Crippen LogP contribution < -0.4 is 4.74 Å². The Morgan fingerprint density at radius 2 is 2.23 bits per heavy atom. The van der Waals surface area contributed by atoms with Gasteiger partial charge in [0.05, 0.1) is 11.6 Å². The molecule has 0 amide bonds. The largest absolute Gasteiger partial charge is 0.493 e. The van der Waals surface area contributed by atoms with Crippen molar-refractivity contribution in [2.45, 2.75) is 6.43 Å². The normalized spacial score (nSPS) is 10.6. The van der Waals surface area contributed by atoms with Crippen molar-refractivity contribution in [1.29, 1.82) is 0 Å². The summed E-state index contributed by atoms with van der Waals surface area (Å²) in [7, 11) is 1.33. The second-order valence-corrected chi connectivity index (χ2v) is 4.11. The van der Waals surface area contributed by atoms with Crippen LogP contribution in [0, 0.1) is 3.70 Å². The summed E-state index contributed by atoms with van der Waals surface area (Å²) >= 11 is 4.99. The molecule has 1 aromatic heterocycles. The Balaban J connectivity index is 3.29. The monoisotopic (exact) mass is 363 g/mol. The zero-order valence-electron chi connectivity index (χ0n) is 6.52. The lowest BCUT2D eigenvalue weighted by molar-refractivity contribution is 0.141. The van der Waals surface area contributed by atoms with E-state index in [1.807, 2.05) is 22.6 Å². The zero-order chi connectivity index (χ0) is 10.0. The average Bonchev–Trinajstić information content (AvgIpc) is 2.02. The first kappa shape index (κ1) is 11.1. The van der Waals surface area contributed by atoms with Crippen LogP contribution in [-0.4, -0.2) is 12.1 Å². The molecule has 0 aliphatic carbocycles. The molecule has 0 spiro atoms. The maximum Gasteiger partial charge on any atom is 0.284 e. The van der Waals surface area contributed by atoms with E-state index < -0.39 is 6.43 Å². The van der Waals surface area contributed by atoms with Crippen molar-refractivity contribution in [3.05, 3.63) is 19.9 Å². The van der Waals surface area contributed by atoms with Crippen LogP contribution in [-0.2, 0) is 0 Å². The van der Waals surface area contributed by atoms with Crippen LogP contribution in [0.4, 0.5) is 8.78 Å². The molecule has 0 bridgehead atoms. The van der Waals surface area contributed by atoms with E-state index in [0.29, 0.717) is 8.17 Å². The molecule has 0 N–H and O–H groups in total. The molecule has 2 nitrogen and oxygen atoms in total. The number of halogens is 4. The molecule has 1 rings (SSSR count). The van der Waals surface area contributed by atoms with E-state index in [-0.39, 0.29) is 11.4 Å². The molecule has 0 saturated heterocycles. The highest BCUT2D eigenvalue weighted by atomic mass is 127. The second kappa shape index (κ2) is 4.50. The van der Waals surface area contributed by atoms with E-state index in [2.05, 4.69) is 20.9 Å². The van der Waals surface area contributed by atoms with Crippen molar-refractivity contribution in [1.82, 2.24) is 4.98 Å². The van der Waals surface area contributed by atoms with E-state index in [1.165, 1.54) is 7.11 Å². The predicted molar refractivity (Wildman–Crippen MR) is 56.2 cm³/mol. The molecular weight excluding hydrogens is 359 g/mol. The second-order valence-electron chi connectivity index (χ2n) is 2.15. The maximum absolute atomic E-state index is 12.4. The minimum atomic E-state index is -2.62. The summed E-state index contributed by atoms with van der Waals surface area (Å²) in [6.07, 6.45) is -2.62. The summed E-state index contributed by atoms with van der Waals surface area (Å²) in [6, 6.07) is 1.62. The molecule has 0 aliphatic rings. The molecule has 0 radical (unpaired) electrons. The van der Waals surface area contributed by atoms with E-state index in [9.17, 15) is 8.78 Å². The highest BCUT2D eigenvalue weighted by molar-refractivity contribution is 14.1. The number of rotatable bonds is 2. The number of hydrogen-bond donors (Lipinski definition) is 0. The van der Waals surface area contributed by atoms with Gasteiger partial charge in [0.1, 0.15) is 3.70 Å². The molecule has 0 fully saturated rings. The Labute approximate surface area is 96.0 Å². The van der Waals surface area contributed by atoms with E-state index in [1.54, 1.807) is 6.07 Å². The molecule has 1 aromatic rings. The maximum atomic E-state index is 12.4. The number of hydrogen-bond acceptors (Lipinski definition) is 2. The van der Waals surface area contributed by atoms with Gasteiger partial charge in [-0.3, -0.25) is 0 Å². The van der Waals surface area contributed by atoms with Gasteiger partial charge in [-0.1, -0.05) is 0 Å². The van der Waals surface area contributed by atoms with E-state index in [0.717, 1.165) is 0 Å². The summed E-state index contributed by atoms with van der Waals surface area (Å²) in [4.78, 5) is 3.69. The zero-order valence-corrected chi connectivity index (χ0v) is 10.3. The number of ether oxygens (including phenoxy) is 1. The molecule has 0 saturated carbocycles. The number of aromatic nitrogens is 1. The lowest BCUT2D eigenvalue weighted by Gasteiger charge is -2.08. The molecule has 0 unspecified atom stereocenters. The van der Waals surface area contributed by atoms with Crippen LogP contribution in [0.2, 0.25) is 0 Å². The molecule has 0 atom stereocenters. The first-order chi connectivity index (χ1) is 6.06. The third-order valence-corrected chi connectivity index (χ3v) is 2.48. The highest BCUT2D eigenvalue weighted by Gasteiger charge is 2.19. The standard InChI is InChI=1S/C7H5BrF2INO/c1-13-6-3(8)2-4(11)12-5(6)7(9)10/h2,7H,1H3. The van der Waals surface area contributed by atoms with E-state index in [4.69, 9.17) is 4.74 Å². The van der Waals surface area contributed by atoms with Gasteiger partial charge in [0.15, 0.2) is 11.4 Å². The molecule has 0 aliphatic heterocycles. The minimum absolute atomic E-state index is 0.0930. The van der Waals surface area contributed by atoms with Crippen molar-refractivity contribution >= 4 is 38.5 Å². The Kier molecular flexibility index (Phi) is 3.84. The highest BCUT2D eigenvalue weighted by Crippen LogP contribution is 2.34. The summed E-state index contributed by atoms with van der Waals surface area (Å²) in [6.45, 7) is 0. The average molecular weight is 364 g/mol. The molecule has 0 aromatic carbocycles. The van der Waals surface area contributed by atoms with Gasteiger partial charge in [0, 0.05) is 0 Å².